The minimum absolute atomic E-state index is 0.131. The first-order valence-corrected chi connectivity index (χ1v) is 3.39. The van der Waals surface area contributed by atoms with Gasteiger partial charge in [0.15, 0.2) is 0 Å². The van der Waals surface area contributed by atoms with Gasteiger partial charge in [0.2, 0.25) is 0 Å². The molecule has 0 atom stereocenters. The number of allylic oxidation sites excluding steroid dienone is 2. The SMILES string of the molecule is C=CCCC=CCOC(=O)O. The Hall–Kier alpha value is -1.25. The zero-order valence-corrected chi connectivity index (χ0v) is 6.32. The lowest BCUT2D eigenvalue weighted by molar-refractivity contribution is 0.102. The molecule has 0 fully saturated rings. The Labute approximate surface area is 66.0 Å². The molecule has 3 heteroatoms. The van der Waals surface area contributed by atoms with Gasteiger partial charge in [-0.05, 0) is 12.8 Å². The lowest BCUT2D eigenvalue weighted by Crippen LogP contribution is -1.98. The van der Waals surface area contributed by atoms with Crippen LogP contribution < -0.4 is 0 Å². The molecule has 0 aromatic heterocycles. The molecule has 0 saturated carbocycles. The zero-order chi connectivity index (χ0) is 8.53. The van der Waals surface area contributed by atoms with Gasteiger partial charge in [0.1, 0.15) is 6.61 Å². The molecule has 0 bridgehead atoms. The number of rotatable bonds is 5. The highest BCUT2D eigenvalue weighted by Gasteiger charge is 1.89. The second-order valence-corrected chi connectivity index (χ2v) is 1.91. The van der Waals surface area contributed by atoms with Crippen LogP contribution in [0.1, 0.15) is 12.8 Å². The molecule has 0 aromatic carbocycles. The van der Waals surface area contributed by atoms with Crippen molar-refractivity contribution >= 4 is 6.16 Å². The molecule has 0 aliphatic carbocycles. The largest absolute Gasteiger partial charge is 0.506 e. The molecule has 0 heterocycles. The number of unbranched alkanes of at least 4 members (excludes halogenated alkanes) is 1. The number of carbonyl (C=O) groups is 1. The summed E-state index contributed by atoms with van der Waals surface area (Å²) >= 11 is 0. The predicted molar refractivity (Wildman–Crippen MR) is 42.5 cm³/mol. The van der Waals surface area contributed by atoms with E-state index in [1.54, 1.807) is 6.08 Å². The van der Waals surface area contributed by atoms with Crippen molar-refractivity contribution < 1.29 is 14.6 Å². The zero-order valence-electron chi connectivity index (χ0n) is 6.32. The van der Waals surface area contributed by atoms with E-state index in [1.165, 1.54) is 0 Å². The van der Waals surface area contributed by atoms with Gasteiger partial charge in [-0.25, -0.2) is 4.79 Å². The van der Waals surface area contributed by atoms with Crippen molar-refractivity contribution in [2.45, 2.75) is 12.8 Å². The van der Waals surface area contributed by atoms with Gasteiger partial charge >= 0.3 is 6.16 Å². The quantitative estimate of drug-likeness (QED) is 0.377. The van der Waals surface area contributed by atoms with Crippen molar-refractivity contribution in [3.05, 3.63) is 24.8 Å². The highest BCUT2D eigenvalue weighted by Crippen LogP contribution is 1.90. The predicted octanol–water partition coefficient (Wildman–Crippen LogP) is 2.20. The second-order valence-electron chi connectivity index (χ2n) is 1.91. The summed E-state index contributed by atoms with van der Waals surface area (Å²) in [5.41, 5.74) is 0. The maximum absolute atomic E-state index is 9.82. The van der Waals surface area contributed by atoms with Gasteiger partial charge in [0.05, 0.1) is 0 Å². The summed E-state index contributed by atoms with van der Waals surface area (Å²) in [6.45, 7) is 3.68. The van der Waals surface area contributed by atoms with Crippen molar-refractivity contribution in [2.24, 2.45) is 0 Å². The first kappa shape index (κ1) is 9.75. The van der Waals surface area contributed by atoms with Gasteiger partial charge in [-0.1, -0.05) is 18.2 Å². The van der Waals surface area contributed by atoms with Crippen LogP contribution in [-0.2, 0) is 4.74 Å². The first-order valence-electron chi connectivity index (χ1n) is 3.39. The van der Waals surface area contributed by atoms with Crippen LogP contribution in [-0.4, -0.2) is 17.9 Å². The number of ether oxygens (including phenoxy) is 1. The summed E-state index contributed by atoms with van der Waals surface area (Å²) in [6, 6.07) is 0. The lowest BCUT2D eigenvalue weighted by atomic mass is 10.3. The minimum atomic E-state index is -1.24. The average molecular weight is 156 g/mol. The maximum atomic E-state index is 9.82. The summed E-state index contributed by atoms with van der Waals surface area (Å²) in [7, 11) is 0. The summed E-state index contributed by atoms with van der Waals surface area (Å²) in [4.78, 5) is 9.82. The van der Waals surface area contributed by atoms with Gasteiger partial charge in [0, 0.05) is 0 Å². The fourth-order valence-corrected chi connectivity index (χ4v) is 0.519. The Kier molecular flexibility index (Phi) is 6.08. The highest BCUT2D eigenvalue weighted by molar-refractivity contribution is 5.56. The first-order chi connectivity index (χ1) is 5.27. The van der Waals surface area contributed by atoms with E-state index in [4.69, 9.17) is 5.11 Å². The number of hydrogen-bond donors (Lipinski definition) is 1. The van der Waals surface area contributed by atoms with Gasteiger partial charge in [-0.15, -0.1) is 6.58 Å². The topological polar surface area (TPSA) is 46.5 Å². The standard InChI is InChI=1S/C8H12O3/c1-2-3-4-5-6-7-11-8(9)10/h2,5-6H,1,3-4,7H2,(H,9,10). The molecule has 0 aromatic rings. The molecule has 0 unspecified atom stereocenters. The van der Waals surface area contributed by atoms with Crippen LogP contribution in [0.5, 0.6) is 0 Å². The van der Waals surface area contributed by atoms with E-state index in [1.807, 2.05) is 12.2 Å². The van der Waals surface area contributed by atoms with E-state index < -0.39 is 6.16 Å². The summed E-state index contributed by atoms with van der Waals surface area (Å²) in [5.74, 6) is 0. The minimum Gasteiger partial charge on any atom is -0.450 e. The normalized spacial score (nSPS) is 9.82. The van der Waals surface area contributed by atoms with E-state index in [2.05, 4.69) is 11.3 Å². The van der Waals surface area contributed by atoms with Crippen LogP contribution in [0.2, 0.25) is 0 Å². The number of carboxylic acid groups (broad SMARTS) is 1. The maximum Gasteiger partial charge on any atom is 0.506 e. The van der Waals surface area contributed by atoms with Gasteiger partial charge in [-0.2, -0.15) is 0 Å². The van der Waals surface area contributed by atoms with Gasteiger partial charge < -0.3 is 9.84 Å². The second kappa shape index (κ2) is 6.86. The molecule has 0 radical (unpaired) electrons. The van der Waals surface area contributed by atoms with Crippen LogP contribution in [0, 0.1) is 0 Å². The highest BCUT2D eigenvalue weighted by atomic mass is 16.7. The molecule has 0 aliphatic rings. The Bertz CT molecular complexity index is 149. The summed E-state index contributed by atoms with van der Waals surface area (Å²) in [5, 5.41) is 8.04. The Balaban J connectivity index is 3.16. The van der Waals surface area contributed by atoms with Crippen LogP contribution in [0.15, 0.2) is 24.8 Å². The van der Waals surface area contributed by atoms with Crippen molar-refractivity contribution in [2.75, 3.05) is 6.61 Å². The Morgan fingerprint density at radius 1 is 1.45 bits per heavy atom. The molecule has 0 aliphatic heterocycles. The fourth-order valence-electron chi connectivity index (χ4n) is 0.519. The van der Waals surface area contributed by atoms with Crippen LogP contribution in [0.3, 0.4) is 0 Å². The van der Waals surface area contributed by atoms with Crippen LogP contribution >= 0.6 is 0 Å². The van der Waals surface area contributed by atoms with Crippen molar-refractivity contribution in [3.8, 4) is 0 Å². The molecule has 1 N–H and O–H groups in total. The molecule has 0 saturated heterocycles. The number of hydrogen-bond acceptors (Lipinski definition) is 2. The van der Waals surface area contributed by atoms with Gasteiger partial charge in [0.25, 0.3) is 0 Å². The van der Waals surface area contributed by atoms with E-state index in [9.17, 15) is 4.79 Å². The van der Waals surface area contributed by atoms with Crippen molar-refractivity contribution in [3.63, 3.8) is 0 Å². The van der Waals surface area contributed by atoms with E-state index in [0.29, 0.717) is 0 Å². The molecule has 0 amide bonds. The molecular formula is C8H12O3. The molecule has 0 spiro atoms. The van der Waals surface area contributed by atoms with Crippen molar-refractivity contribution in [1.29, 1.82) is 0 Å². The third-order valence-corrected chi connectivity index (χ3v) is 1.01. The molecule has 0 rings (SSSR count). The smallest absolute Gasteiger partial charge is 0.450 e. The molecule has 11 heavy (non-hydrogen) atoms. The fraction of sp³-hybridized carbons (Fsp3) is 0.375. The lowest BCUT2D eigenvalue weighted by Gasteiger charge is -1.91. The molecule has 62 valence electrons. The third-order valence-electron chi connectivity index (χ3n) is 1.01. The molecular weight excluding hydrogens is 144 g/mol. The monoisotopic (exact) mass is 156 g/mol. The van der Waals surface area contributed by atoms with Crippen LogP contribution in [0.4, 0.5) is 4.79 Å². The van der Waals surface area contributed by atoms with Crippen LogP contribution in [0.25, 0.3) is 0 Å². The third kappa shape index (κ3) is 8.75. The van der Waals surface area contributed by atoms with E-state index >= 15 is 0 Å². The Morgan fingerprint density at radius 2 is 2.18 bits per heavy atom. The van der Waals surface area contributed by atoms with Crippen molar-refractivity contribution in [1.82, 2.24) is 0 Å². The summed E-state index contributed by atoms with van der Waals surface area (Å²) < 4.78 is 4.23. The molecule has 3 nitrogen and oxygen atoms in total. The average Bonchev–Trinajstić information content (AvgIpc) is 1.96. The van der Waals surface area contributed by atoms with E-state index in [-0.39, 0.29) is 6.61 Å². The van der Waals surface area contributed by atoms with Gasteiger partial charge in [-0.3, -0.25) is 0 Å². The van der Waals surface area contributed by atoms with E-state index in [0.717, 1.165) is 12.8 Å². The Morgan fingerprint density at radius 3 is 2.73 bits per heavy atom. The summed E-state index contributed by atoms with van der Waals surface area (Å²) in [6.07, 6.45) is 5.90.